The van der Waals surface area contributed by atoms with Gasteiger partial charge < -0.3 is 5.32 Å². The normalized spacial score (nSPS) is 14.0. The zero-order valence-electron chi connectivity index (χ0n) is 5.29. The predicted octanol–water partition coefficient (Wildman–Crippen LogP) is 2.09. The highest BCUT2D eigenvalue weighted by Crippen LogP contribution is 2.19. The number of nitrogens with one attached hydrogen (secondary N) is 1. The highest BCUT2D eigenvalue weighted by molar-refractivity contribution is 7.10. The molecule has 0 aromatic carbocycles. The maximum atomic E-state index is 3.08. The van der Waals surface area contributed by atoms with Crippen LogP contribution >= 0.6 is 11.3 Å². The highest BCUT2D eigenvalue weighted by atomic mass is 32.1. The van der Waals surface area contributed by atoms with Crippen molar-refractivity contribution in [3.8, 4) is 0 Å². The number of rotatable bonds is 0. The van der Waals surface area contributed by atoms with Crippen molar-refractivity contribution in [2.24, 2.45) is 0 Å². The van der Waals surface area contributed by atoms with Gasteiger partial charge in [-0.05, 0) is 23.8 Å². The number of hydrogen-bond acceptors (Lipinski definition) is 2. The van der Waals surface area contributed by atoms with E-state index in [0.717, 1.165) is 0 Å². The Hall–Kier alpha value is -1.02. The van der Waals surface area contributed by atoms with Gasteiger partial charge in [0.05, 0.1) is 0 Å². The van der Waals surface area contributed by atoms with E-state index in [1.807, 2.05) is 24.5 Å². The van der Waals surface area contributed by atoms with Crippen molar-refractivity contribution < 1.29 is 0 Å². The minimum atomic E-state index is 1.24. The van der Waals surface area contributed by atoms with E-state index in [-0.39, 0.29) is 0 Å². The van der Waals surface area contributed by atoms with Crippen LogP contribution in [-0.2, 0) is 0 Å². The second-order valence-corrected chi connectivity index (χ2v) is 2.90. The van der Waals surface area contributed by atoms with Gasteiger partial charge in [-0.3, -0.25) is 0 Å². The molecular formula is C8H6NS. The lowest BCUT2D eigenvalue weighted by molar-refractivity contribution is 1.22. The van der Waals surface area contributed by atoms with Gasteiger partial charge in [0, 0.05) is 22.7 Å². The van der Waals surface area contributed by atoms with Gasteiger partial charge in [0.1, 0.15) is 0 Å². The van der Waals surface area contributed by atoms with Crippen molar-refractivity contribution in [2.45, 2.75) is 0 Å². The molecule has 0 spiro atoms. The minimum absolute atomic E-state index is 1.24. The molecule has 0 saturated heterocycles. The third kappa shape index (κ3) is 0.866. The third-order valence-corrected chi connectivity index (χ3v) is 2.19. The Labute approximate surface area is 63.7 Å². The van der Waals surface area contributed by atoms with E-state index in [1.165, 1.54) is 10.4 Å². The number of thiophene rings is 1. The molecule has 0 fully saturated rings. The SMILES string of the molecule is [c]1cc2c(s1)C=CNC=C2. The van der Waals surface area contributed by atoms with E-state index < -0.39 is 0 Å². The molecule has 0 saturated carbocycles. The molecule has 1 aromatic rings. The summed E-state index contributed by atoms with van der Waals surface area (Å²) in [6.07, 6.45) is 7.94. The fraction of sp³-hybridized carbons (Fsp3) is 0. The summed E-state index contributed by atoms with van der Waals surface area (Å²) >= 11 is 1.64. The molecule has 2 heterocycles. The lowest BCUT2D eigenvalue weighted by atomic mass is 10.2. The topological polar surface area (TPSA) is 12.0 Å². The van der Waals surface area contributed by atoms with Crippen LogP contribution < -0.4 is 5.32 Å². The van der Waals surface area contributed by atoms with Gasteiger partial charge in [0.25, 0.3) is 0 Å². The van der Waals surface area contributed by atoms with Crippen LogP contribution in [0.5, 0.6) is 0 Å². The van der Waals surface area contributed by atoms with Crippen LogP contribution in [0.2, 0.25) is 0 Å². The molecule has 0 atom stereocenters. The summed E-state index contributed by atoms with van der Waals surface area (Å²) in [4.78, 5) is 1.27. The van der Waals surface area contributed by atoms with Crippen molar-refractivity contribution in [2.75, 3.05) is 0 Å². The first-order chi connectivity index (χ1) is 4.97. The van der Waals surface area contributed by atoms with E-state index in [4.69, 9.17) is 0 Å². The van der Waals surface area contributed by atoms with Gasteiger partial charge in [0.15, 0.2) is 0 Å². The first-order valence-corrected chi connectivity index (χ1v) is 3.87. The molecule has 1 radical (unpaired) electrons. The molecule has 1 N–H and O–H groups in total. The van der Waals surface area contributed by atoms with Crippen LogP contribution in [0, 0.1) is 5.38 Å². The Bertz CT molecular complexity index is 257. The number of fused-ring (bicyclic) bond motifs is 1. The fourth-order valence-electron chi connectivity index (χ4n) is 0.864. The average molecular weight is 148 g/mol. The molecule has 0 unspecified atom stereocenters. The van der Waals surface area contributed by atoms with Crippen molar-refractivity contribution in [1.82, 2.24) is 5.32 Å². The summed E-state index contributed by atoms with van der Waals surface area (Å²) in [6, 6.07) is 1.99. The highest BCUT2D eigenvalue weighted by Gasteiger charge is 1.97. The number of hydrogen-bond donors (Lipinski definition) is 1. The molecule has 2 rings (SSSR count). The van der Waals surface area contributed by atoms with E-state index >= 15 is 0 Å². The van der Waals surface area contributed by atoms with Crippen molar-refractivity contribution in [3.63, 3.8) is 0 Å². The molecule has 1 aromatic heterocycles. The second kappa shape index (κ2) is 2.31. The van der Waals surface area contributed by atoms with Gasteiger partial charge in [-0.15, -0.1) is 11.3 Å². The first kappa shape index (κ1) is 5.74. The molecule has 0 aliphatic carbocycles. The predicted molar refractivity (Wildman–Crippen MR) is 44.4 cm³/mol. The summed E-state index contributed by atoms with van der Waals surface area (Å²) in [7, 11) is 0. The van der Waals surface area contributed by atoms with Crippen LogP contribution in [0.1, 0.15) is 10.4 Å². The standard InChI is InChI=1S/C8H6NS/c1-4-9-5-2-8-7(1)3-6-10-8/h1-5,9H. The Morgan fingerprint density at radius 2 is 2.20 bits per heavy atom. The monoisotopic (exact) mass is 148 g/mol. The molecule has 1 aliphatic heterocycles. The third-order valence-electron chi connectivity index (χ3n) is 1.36. The summed E-state index contributed by atoms with van der Waals surface area (Å²) < 4.78 is 0. The smallest absolute Gasteiger partial charge is 0.0455 e. The van der Waals surface area contributed by atoms with Gasteiger partial charge >= 0.3 is 0 Å². The van der Waals surface area contributed by atoms with Crippen molar-refractivity contribution in [3.05, 3.63) is 34.3 Å². The van der Waals surface area contributed by atoms with Crippen LogP contribution in [0.4, 0.5) is 0 Å². The van der Waals surface area contributed by atoms with Gasteiger partial charge in [-0.1, -0.05) is 0 Å². The Kier molecular flexibility index (Phi) is 1.32. The molecule has 0 amide bonds. The van der Waals surface area contributed by atoms with Crippen LogP contribution in [0.25, 0.3) is 12.2 Å². The average Bonchev–Trinajstić information content (AvgIpc) is 2.28. The Morgan fingerprint density at radius 3 is 3.20 bits per heavy atom. The van der Waals surface area contributed by atoms with E-state index in [9.17, 15) is 0 Å². The fourth-order valence-corrected chi connectivity index (χ4v) is 1.56. The lowest BCUT2D eigenvalue weighted by Gasteiger charge is -1.83. The minimum Gasteiger partial charge on any atom is -0.368 e. The molecule has 0 bridgehead atoms. The molecule has 10 heavy (non-hydrogen) atoms. The zero-order chi connectivity index (χ0) is 6.81. The quantitative estimate of drug-likeness (QED) is 0.594. The van der Waals surface area contributed by atoms with Crippen LogP contribution in [0.3, 0.4) is 0 Å². The van der Waals surface area contributed by atoms with Gasteiger partial charge in [-0.2, -0.15) is 0 Å². The van der Waals surface area contributed by atoms with E-state index in [2.05, 4.69) is 16.8 Å². The summed E-state index contributed by atoms with van der Waals surface area (Å²) in [5.74, 6) is 0. The van der Waals surface area contributed by atoms with Crippen LogP contribution in [-0.4, -0.2) is 0 Å². The summed E-state index contributed by atoms with van der Waals surface area (Å²) in [5.41, 5.74) is 1.24. The Morgan fingerprint density at radius 1 is 1.30 bits per heavy atom. The largest absolute Gasteiger partial charge is 0.368 e. The molecule has 2 heteroatoms. The van der Waals surface area contributed by atoms with E-state index in [1.54, 1.807) is 11.3 Å². The maximum absolute atomic E-state index is 3.08. The Balaban J connectivity index is 2.56. The molecule has 1 nitrogen and oxygen atoms in total. The zero-order valence-corrected chi connectivity index (χ0v) is 6.11. The first-order valence-electron chi connectivity index (χ1n) is 3.06. The molecular weight excluding hydrogens is 142 g/mol. The van der Waals surface area contributed by atoms with Gasteiger partial charge in [-0.25, -0.2) is 0 Å². The van der Waals surface area contributed by atoms with E-state index in [0.29, 0.717) is 0 Å². The summed E-state index contributed by atoms with van der Waals surface area (Å²) in [6.45, 7) is 0. The summed E-state index contributed by atoms with van der Waals surface area (Å²) in [5, 5.41) is 6.09. The lowest BCUT2D eigenvalue weighted by Crippen LogP contribution is -1.87. The maximum Gasteiger partial charge on any atom is 0.0455 e. The van der Waals surface area contributed by atoms with Crippen molar-refractivity contribution >= 4 is 23.5 Å². The van der Waals surface area contributed by atoms with Crippen LogP contribution in [0.15, 0.2) is 18.5 Å². The molecule has 1 aliphatic rings. The van der Waals surface area contributed by atoms with Gasteiger partial charge in [0.2, 0.25) is 0 Å². The molecule has 49 valence electrons. The second-order valence-electron chi connectivity index (χ2n) is 2.02. The van der Waals surface area contributed by atoms with Crippen molar-refractivity contribution in [1.29, 1.82) is 0 Å².